The van der Waals surface area contributed by atoms with E-state index < -0.39 is 0 Å². The van der Waals surface area contributed by atoms with Crippen LogP contribution in [0.5, 0.6) is 0 Å². The van der Waals surface area contributed by atoms with Gasteiger partial charge in [-0.3, -0.25) is 14.8 Å². The van der Waals surface area contributed by atoms with E-state index >= 15 is 0 Å². The normalized spacial score (nSPS) is 22.9. The van der Waals surface area contributed by atoms with Crippen molar-refractivity contribution >= 4 is 0 Å². The van der Waals surface area contributed by atoms with Crippen molar-refractivity contribution in [2.45, 2.75) is 32.4 Å². The van der Waals surface area contributed by atoms with Crippen molar-refractivity contribution in [2.75, 3.05) is 26.2 Å². The second-order valence-electron chi connectivity index (χ2n) is 4.97. The molecule has 1 fully saturated rings. The monoisotopic (exact) mass is 258 g/mol. The summed E-state index contributed by atoms with van der Waals surface area (Å²) in [4.78, 5) is 9.11. The molecule has 0 spiro atoms. The Morgan fingerprint density at radius 3 is 2.84 bits per heavy atom. The van der Waals surface area contributed by atoms with Crippen LogP contribution in [0.2, 0.25) is 0 Å². The van der Waals surface area contributed by atoms with E-state index in [4.69, 9.17) is 0 Å². The number of nitrogens with zero attached hydrogens (tertiary/aromatic N) is 4. The Bertz CT molecular complexity index is 426. The molecule has 102 valence electrons. The molecule has 1 aliphatic heterocycles. The van der Waals surface area contributed by atoms with E-state index in [1.807, 2.05) is 18.2 Å². The van der Waals surface area contributed by atoms with Gasteiger partial charge < -0.3 is 0 Å². The van der Waals surface area contributed by atoms with Crippen LogP contribution < -0.4 is 0 Å². The highest BCUT2D eigenvalue weighted by molar-refractivity contribution is 5.16. The fraction of sp³-hybridized carbons (Fsp3) is 0.600. The first kappa shape index (κ1) is 14.0. The molecule has 1 saturated heterocycles. The molecular formula is C15H22N4. The van der Waals surface area contributed by atoms with Crippen LogP contribution in [0, 0.1) is 11.3 Å². The standard InChI is InChI=1S/C15H22N4/c1-3-13-12-19(10-9-18(13)4-2)15(11-16)14-7-5-6-8-17-14/h5-8,13,15H,3-4,9-10,12H2,1-2H3. The van der Waals surface area contributed by atoms with Crippen LogP contribution in [0.4, 0.5) is 0 Å². The molecule has 0 bridgehead atoms. The predicted molar refractivity (Wildman–Crippen MR) is 75.5 cm³/mol. The molecule has 2 heterocycles. The molecule has 19 heavy (non-hydrogen) atoms. The molecule has 2 rings (SSSR count). The zero-order valence-corrected chi connectivity index (χ0v) is 11.8. The third-order valence-corrected chi connectivity index (χ3v) is 3.97. The lowest BCUT2D eigenvalue weighted by atomic mass is 10.1. The summed E-state index contributed by atoms with van der Waals surface area (Å²) in [5, 5.41) is 9.47. The topological polar surface area (TPSA) is 43.2 Å². The van der Waals surface area contributed by atoms with E-state index in [2.05, 4.69) is 34.7 Å². The number of piperazine rings is 1. The minimum Gasteiger partial charge on any atom is -0.298 e. The number of likely N-dealkylation sites (N-methyl/N-ethyl adjacent to an activating group) is 1. The zero-order chi connectivity index (χ0) is 13.7. The van der Waals surface area contributed by atoms with Gasteiger partial charge in [-0.1, -0.05) is 19.9 Å². The molecule has 4 heteroatoms. The quantitative estimate of drug-likeness (QED) is 0.829. The number of aromatic nitrogens is 1. The SMILES string of the molecule is CCC1CN(C(C#N)c2ccccn2)CCN1CC. The molecule has 0 N–H and O–H groups in total. The van der Waals surface area contributed by atoms with Gasteiger partial charge in [0.25, 0.3) is 0 Å². The largest absolute Gasteiger partial charge is 0.298 e. The van der Waals surface area contributed by atoms with E-state index in [9.17, 15) is 5.26 Å². The summed E-state index contributed by atoms with van der Waals surface area (Å²) < 4.78 is 0. The summed E-state index contributed by atoms with van der Waals surface area (Å²) in [5.41, 5.74) is 0.866. The van der Waals surface area contributed by atoms with Gasteiger partial charge in [0.1, 0.15) is 6.04 Å². The molecule has 1 aromatic rings. The van der Waals surface area contributed by atoms with Gasteiger partial charge >= 0.3 is 0 Å². The van der Waals surface area contributed by atoms with Gasteiger partial charge in [0.15, 0.2) is 0 Å². The van der Waals surface area contributed by atoms with Crippen molar-refractivity contribution in [3.05, 3.63) is 30.1 Å². The van der Waals surface area contributed by atoms with Crippen LogP contribution in [-0.2, 0) is 0 Å². The summed E-state index contributed by atoms with van der Waals surface area (Å²) in [6.07, 6.45) is 2.89. The average Bonchev–Trinajstić information content (AvgIpc) is 2.49. The number of hydrogen-bond acceptors (Lipinski definition) is 4. The van der Waals surface area contributed by atoms with E-state index in [1.165, 1.54) is 0 Å². The van der Waals surface area contributed by atoms with Crippen LogP contribution in [0.1, 0.15) is 32.0 Å². The van der Waals surface area contributed by atoms with Crippen LogP contribution in [0.3, 0.4) is 0 Å². The maximum absolute atomic E-state index is 9.47. The van der Waals surface area contributed by atoms with Crippen LogP contribution in [0.25, 0.3) is 0 Å². The fourth-order valence-corrected chi connectivity index (χ4v) is 2.83. The minimum atomic E-state index is -0.214. The molecule has 0 saturated carbocycles. The Balaban J connectivity index is 2.11. The third kappa shape index (κ3) is 3.12. The lowest BCUT2D eigenvalue weighted by Crippen LogP contribution is -2.53. The molecule has 2 unspecified atom stereocenters. The average molecular weight is 258 g/mol. The highest BCUT2D eigenvalue weighted by Gasteiger charge is 2.30. The molecule has 1 aromatic heterocycles. The van der Waals surface area contributed by atoms with Gasteiger partial charge in [-0.25, -0.2) is 0 Å². The second-order valence-corrected chi connectivity index (χ2v) is 4.97. The number of rotatable bonds is 4. The molecule has 0 radical (unpaired) electrons. The highest BCUT2D eigenvalue weighted by atomic mass is 15.3. The van der Waals surface area contributed by atoms with Gasteiger partial charge in [0.05, 0.1) is 11.8 Å². The number of nitriles is 1. The van der Waals surface area contributed by atoms with Gasteiger partial charge in [-0.2, -0.15) is 5.26 Å². The van der Waals surface area contributed by atoms with Crippen molar-refractivity contribution in [3.8, 4) is 6.07 Å². The molecule has 0 aliphatic carbocycles. The zero-order valence-electron chi connectivity index (χ0n) is 11.8. The van der Waals surface area contributed by atoms with Crippen molar-refractivity contribution in [1.82, 2.24) is 14.8 Å². The maximum Gasteiger partial charge on any atom is 0.141 e. The molecule has 2 atom stereocenters. The van der Waals surface area contributed by atoms with E-state index in [0.29, 0.717) is 6.04 Å². The Morgan fingerprint density at radius 2 is 2.26 bits per heavy atom. The Morgan fingerprint density at radius 1 is 1.42 bits per heavy atom. The van der Waals surface area contributed by atoms with E-state index in [1.54, 1.807) is 6.20 Å². The molecule has 0 aromatic carbocycles. The second kappa shape index (κ2) is 6.65. The fourth-order valence-electron chi connectivity index (χ4n) is 2.83. The van der Waals surface area contributed by atoms with Gasteiger partial charge in [0.2, 0.25) is 0 Å². The highest BCUT2D eigenvalue weighted by Crippen LogP contribution is 2.22. The van der Waals surface area contributed by atoms with Crippen molar-refractivity contribution in [1.29, 1.82) is 5.26 Å². The molecule has 0 amide bonds. The first-order valence-corrected chi connectivity index (χ1v) is 7.08. The van der Waals surface area contributed by atoms with E-state index in [0.717, 1.165) is 38.3 Å². The summed E-state index contributed by atoms with van der Waals surface area (Å²) in [6, 6.07) is 8.54. The lowest BCUT2D eigenvalue weighted by molar-refractivity contribution is 0.0614. The summed E-state index contributed by atoms with van der Waals surface area (Å²) in [5.74, 6) is 0. The third-order valence-electron chi connectivity index (χ3n) is 3.97. The number of hydrogen-bond donors (Lipinski definition) is 0. The van der Waals surface area contributed by atoms with E-state index in [-0.39, 0.29) is 6.04 Å². The Labute approximate surface area is 115 Å². The summed E-state index contributed by atoms with van der Waals surface area (Å²) in [6.45, 7) is 8.46. The summed E-state index contributed by atoms with van der Waals surface area (Å²) >= 11 is 0. The lowest BCUT2D eigenvalue weighted by Gasteiger charge is -2.42. The smallest absolute Gasteiger partial charge is 0.141 e. The summed E-state index contributed by atoms with van der Waals surface area (Å²) in [7, 11) is 0. The van der Waals surface area contributed by atoms with Gasteiger partial charge in [0, 0.05) is 31.9 Å². The minimum absolute atomic E-state index is 0.214. The predicted octanol–water partition coefficient (Wildman–Crippen LogP) is 2.06. The molecular weight excluding hydrogens is 236 g/mol. The van der Waals surface area contributed by atoms with Crippen molar-refractivity contribution < 1.29 is 0 Å². The molecule has 4 nitrogen and oxygen atoms in total. The first-order chi connectivity index (χ1) is 9.30. The number of pyridine rings is 1. The molecule has 1 aliphatic rings. The van der Waals surface area contributed by atoms with Crippen molar-refractivity contribution in [3.63, 3.8) is 0 Å². The van der Waals surface area contributed by atoms with Crippen LogP contribution in [0.15, 0.2) is 24.4 Å². The van der Waals surface area contributed by atoms with Crippen LogP contribution in [-0.4, -0.2) is 47.0 Å². The Kier molecular flexibility index (Phi) is 4.89. The maximum atomic E-state index is 9.47. The van der Waals surface area contributed by atoms with Crippen molar-refractivity contribution in [2.24, 2.45) is 0 Å². The van der Waals surface area contributed by atoms with Crippen LogP contribution >= 0.6 is 0 Å². The first-order valence-electron chi connectivity index (χ1n) is 7.08. The van der Waals surface area contributed by atoms with Gasteiger partial charge in [-0.15, -0.1) is 0 Å². The Hall–Kier alpha value is -1.44. The van der Waals surface area contributed by atoms with Gasteiger partial charge in [-0.05, 0) is 25.1 Å².